The van der Waals surface area contributed by atoms with Crippen molar-refractivity contribution in [1.82, 2.24) is 19.4 Å². The first-order valence-electron chi connectivity index (χ1n) is 13.0. The van der Waals surface area contributed by atoms with Gasteiger partial charge in [0.2, 0.25) is 0 Å². The Hall–Kier alpha value is -3.06. The molecular formula is C29H36F2N4O. The Morgan fingerprint density at radius 1 is 1.08 bits per heavy atom. The molecule has 0 radical (unpaired) electrons. The summed E-state index contributed by atoms with van der Waals surface area (Å²) in [4.78, 5) is 22.1. The van der Waals surface area contributed by atoms with Gasteiger partial charge in [-0.1, -0.05) is 50.6 Å². The van der Waals surface area contributed by atoms with Gasteiger partial charge in [-0.15, -0.1) is 0 Å². The predicted octanol–water partition coefficient (Wildman–Crippen LogP) is 6.05. The standard InChI is InChI=1S/C29H36F2N4O/c1-3-4-17-34(29(36)23-10-9-11-24(30)28(23)31)21-27-32-25-12-5-6-13-26(25)35(27)18-8-7-16-33-19-14-22(2)15-20-33/h5-13,22H,3-4,14-21H2,1-2H3. The smallest absolute Gasteiger partial charge is 0.257 e. The quantitative estimate of drug-likeness (QED) is 0.323. The topological polar surface area (TPSA) is 41.4 Å². The number of amides is 1. The molecule has 2 aromatic carbocycles. The Labute approximate surface area is 212 Å². The Morgan fingerprint density at radius 3 is 2.61 bits per heavy atom. The van der Waals surface area contributed by atoms with Crippen LogP contribution in [0.5, 0.6) is 0 Å². The minimum atomic E-state index is -1.10. The number of piperidine rings is 1. The van der Waals surface area contributed by atoms with Crippen molar-refractivity contribution in [2.24, 2.45) is 5.92 Å². The normalized spacial score (nSPS) is 15.2. The fraction of sp³-hybridized carbons (Fsp3) is 0.448. The zero-order chi connectivity index (χ0) is 25.5. The van der Waals surface area contributed by atoms with E-state index in [4.69, 9.17) is 4.98 Å². The molecule has 0 saturated carbocycles. The molecule has 1 aromatic heterocycles. The molecule has 0 N–H and O–H groups in total. The minimum absolute atomic E-state index is 0.224. The fourth-order valence-electron chi connectivity index (χ4n) is 4.71. The van der Waals surface area contributed by atoms with Gasteiger partial charge in [-0.3, -0.25) is 9.69 Å². The SMILES string of the molecule is CCCCN(Cc1nc2ccccc2n1CC=CCN1CCC(C)CC1)C(=O)c1cccc(F)c1F. The highest BCUT2D eigenvalue weighted by Crippen LogP contribution is 2.21. The monoisotopic (exact) mass is 494 g/mol. The van der Waals surface area contributed by atoms with Crippen LogP contribution in [0.3, 0.4) is 0 Å². The molecule has 1 fully saturated rings. The van der Waals surface area contributed by atoms with E-state index in [1.54, 1.807) is 4.90 Å². The summed E-state index contributed by atoms with van der Waals surface area (Å²) in [5.41, 5.74) is 1.60. The molecule has 4 rings (SSSR count). The van der Waals surface area contributed by atoms with E-state index in [1.165, 1.54) is 25.0 Å². The molecule has 192 valence electrons. The Kier molecular flexibility index (Phi) is 8.86. The third-order valence-corrected chi connectivity index (χ3v) is 7.01. The molecule has 0 unspecified atom stereocenters. The highest BCUT2D eigenvalue weighted by Gasteiger charge is 2.23. The first kappa shape index (κ1) is 26.0. The van der Waals surface area contributed by atoms with Crippen molar-refractivity contribution in [1.29, 1.82) is 0 Å². The number of halogens is 2. The van der Waals surface area contributed by atoms with Crippen LogP contribution in [0.1, 0.15) is 55.7 Å². The molecule has 0 aliphatic carbocycles. The summed E-state index contributed by atoms with van der Waals surface area (Å²) in [6.07, 6.45) is 8.49. The summed E-state index contributed by atoms with van der Waals surface area (Å²) >= 11 is 0. The summed E-state index contributed by atoms with van der Waals surface area (Å²) in [6, 6.07) is 11.6. The number of nitrogens with zero attached hydrogens (tertiary/aromatic N) is 4. The van der Waals surface area contributed by atoms with Crippen molar-refractivity contribution in [2.75, 3.05) is 26.2 Å². The van der Waals surface area contributed by atoms with Gasteiger partial charge >= 0.3 is 0 Å². The van der Waals surface area contributed by atoms with Gasteiger partial charge in [-0.05, 0) is 62.5 Å². The van der Waals surface area contributed by atoms with Crippen LogP contribution in [0.15, 0.2) is 54.6 Å². The van der Waals surface area contributed by atoms with Gasteiger partial charge in [0, 0.05) is 19.6 Å². The molecule has 1 amide bonds. The van der Waals surface area contributed by atoms with Crippen LogP contribution in [0.2, 0.25) is 0 Å². The van der Waals surface area contributed by atoms with Crippen LogP contribution < -0.4 is 0 Å². The summed E-state index contributed by atoms with van der Waals surface area (Å²) in [7, 11) is 0. The van der Waals surface area contributed by atoms with Crippen molar-refractivity contribution in [2.45, 2.75) is 52.6 Å². The fourth-order valence-corrected chi connectivity index (χ4v) is 4.71. The zero-order valence-corrected chi connectivity index (χ0v) is 21.3. The summed E-state index contributed by atoms with van der Waals surface area (Å²) < 4.78 is 30.4. The first-order valence-corrected chi connectivity index (χ1v) is 13.0. The van der Waals surface area contributed by atoms with Crippen molar-refractivity contribution >= 4 is 16.9 Å². The van der Waals surface area contributed by atoms with Gasteiger partial charge in [-0.2, -0.15) is 0 Å². The molecule has 36 heavy (non-hydrogen) atoms. The van der Waals surface area contributed by atoms with Crippen LogP contribution in [-0.2, 0) is 13.1 Å². The largest absolute Gasteiger partial charge is 0.331 e. The summed E-state index contributed by atoms with van der Waals surface area (Å²) in [6.45, 7) is 8.84. The lowest BCUT2D eigenvalue weighted by Gasteiger charge is -2.29. The van der Waals surface area contributed by atoms with Crippen molar-refractivity contribution in [3.63, 3.8) is 0 Å². The number of benzene rings is 2. The highest BCUT2D eigenvalue weighted by atomic mass is 19.2. The maximum Gasteiger partial charge on any atom is 0.257 e. The number of carbonyl (C=O) groups is 1. The number of hydrogen-bond acceptors (Lipinski definition) is 3. The molecule has 7 heteroatoms. The first-order chi connectivity index (χ1) is 17.5. The lowest BCUT2D eigenvalue weighted by molar-refractivity contribution is 0.0729. The average molecular weight is 495 g/mol. The van der Waals surface area contributed by atoms with E-state index in [0.717, 1.165) is 61.3 Å². The molecule has 0 atom stereocenters. The van der Waals surface area contributed by atoms with Gasteiger partial charge in [0.25, 0.3) is 5.91 Å². The molecule has 0 spiro atoms. The number of fused-ring (bicyclic) bond motifs is 1. The summed E-state index contributed by atoms with van der Waals surface area (Å²) in [5, 5.41) is 0. The lowest BCUT2D eigenvalue weighted by atomic mass is 9.99. The maximum atomic E-state index is 14.4. The van der Waals surface area contributed by atoms with Crippen LogP contribution in [-0.4, -0.2) is 51.4 Å². The number of unbranched alkanes of at least 4 members (excludes halogenated alkanes) is 1. The zero-order valence-electron chi connectivity index (χ0n) is 21.3. The average Bonchev–Trinajstić information content (AvgIpc) is 3.23. The predicted molar refractivity (Wildman–Crippen MR) is 140 cm³/mol. The molecule has 3 aromatic rings. The van der Waals surface area contributed by atoms with Gasteiger partial charge in [0.05, 0.1) is 23.1 Å². The lowest BCUT2D eigenvalue weighted by Crippen LogP contribution is -2.33. The van der Waals surface area contributed by atoms with Crippen molar-refractivity contribution in [3.05, 3.63) is 77.6 Å². The molecule has 0 bridgehead atoms. The van der Waals surface area contributed by atoms with Gasteiger partial charge < -0.3 is 9.47 Å². The third kappa shape index (κ3) is 6.19. The number of imidazole rings is 1. The number of para-hydroxylation sites is 2. The Morgan fingerprint density at radius 2 is 1.83 bits per heavy atom. The number of hydrogen-bond donors (Lipinski definition) is 0. The van der Waals surface area contributed by atoms with E-state index in [-0.39, 0.29) is 12.1 Å². The van der Waals surface area contributed by atoms with E-state index in [9.17, 15) is 13.6 Å². The molecule has 1 saturated heterocycles. The van der Waals surface area contributed by atoms with Gasteiger partial charge in [-0.25, -0.2) is 13.8 Å². The second-order valence-electron chi connectivity index (χ2n) is 9.76. The second-order valence-corrected chi connectivity index (χ2v) is 9.76. The van der Waals surface area contributed by atoms with Crippen molar-refractivity contribution in [3.8, 4) is 0 Å². The van der Waals surface area contributed by atoms with Crippen LogP contribution in [0.25, 0.3) is 11.0 Å². The molecule has 5 nitrogen and oxygen atoms in total. The number of carbonyl (C=O) groups excluding carboxylic acids is 1. The summed E-state index contributed by atoms with van der Waals surface area (Å²) in [5.74, 6) is -1.10. The number of aromatic nitrogens is 2. The van der Waals surface area contributed by atoms with Gasteiger partial charge in [0.15, 0.2) is 11.6 Å². The second kappa shape index (κ2) is 12.3. The van der Waals surface area contributed by atoms with E-state index in [2.05, 4.69) is 28.5 Å². The van der Waals surface area contributed by atoms with Crippen molar-refractivity contribution < 1.29 is 13.6 Å². The molecule has 2 heterocycles. The van der Waals surface area contributed by atoms with E-state index >= 15 is 0 Å². The third-order valence-electron chi connectivity index (χ3n) is 7.01. The van der Waals surface area contributed by atoms with E-state index < -0.39 is 17.5 Å². The molecule has 1 aliphatic rings. The number of likely N-dealkylation sites (tertiary alicyclic amines) is 1. The Balaban J connectivity index is 1.55. The minimum Gasteiger partial charge on any atom is -0.331 e. The van der Waals surface area contributed by atoms with Crippen LogP contribution >= 0.6 is 0 Å². The number of rotatable bonds is 10. The van der Waals surface area contributed by atoms with Gasteiger partial charge in [0.1, 0.15) is 5.82 Å². The van der Waals surface area contributed by atoms with E-state index in [0.29, 0.717) is 13.1 Å². The highest BCUT2D eigenvalue weighted by molar-refractivity contribution is 5.94. The maximum absolute atomic E-state index is 14.4. The number of allylic oxidation sites excluding steroid dienone is 1. The van der Waals surface area contributed by atoms with Crippen LogP contribution in [0.4, 0.5) is 8.78 Å². The van der Waals surface area contributed by atoms with E-state index in [1.807, 2.05) is 31.2 Å². The molecule has 1 aliphatic heterocycles. The van der Waals surface area contributed by atoms with Crippen LogP contribution in [0, 0.1) is 17.6 Å². The Bertz CT molecular complexity index is 1200. The molecular weight excluding hydrogens is 458 g/mol.